The fourth-order valence-corrected chi connectivity index (χ4v) is 4.14. The predicted octanol–water partition coefficient (Wildman–Crippen LogP) is 5.92. The van der Waals surface area contributed by atoms with Crippen LogP contribution in [0.15, 0.2) is 79.4 Å². The fraction of sp³-hybridized carbons (Fsp3) is 0.111. The molecule has 3 heterocycles. The fourth-order valence-electron chi connectivity index (χ4n) is 4.14. The van der Waals surface area contributed by atoms with Gasteiger partial charge < -0.3 is 10.4 Å². The minimum Gasteiger partial charge on any atom is -0.387 e. The molecule has 1 unspecified atom stereocenters. The molecule has 0 aliphatic carbocycles. The van der Waals surface area contributed by atoms with Gasteiger partial charge in [-0.25, -0.2) is 19.3 Å². The van der Waals surface area contributed by atoms with Crippen molar-refractivity contribution in [3.8, 4) is 22.5 Å². The number of carbonyl (C=O) groups excluding carboxylic acids is 1. The molecule has 5 aromatic rings. The monoisotopic (exact) mass is 521 g/mol. The second-order valence-corrected chi connectivity index (χ2v) is 8.43. The highest BCUT2D eigenvalue weighted by molar-refractivity contribution is 6.09. The standard InChI is InChI=1S/C27H19F4N5O2/c1-15(37)22-14-34-25-23(17(8-11-36(22)25)16-6-3-2-4-7-16)35-26(38)19-12-18(24-32-9-5-10-33-24)20(13-21(19)28)27(29,30)31/h2-15,37H,1H3,(H,35,38). The Morgan fingerprint density at radius 2 is 1.71 bits per heavy atom. The topological polar surface area (TPSA) is 92.4 Å². The maximum atomic E-state index is 15.0. The Labute approximate surface area is 213 Å². The highest BCUT2D eigenvalue weighted by Gasteiger charge is 2.36. The average molecular weight is 521 g/mol. The number of nitrogens with zero attached hydrogens (tertiary/aromatic N) is 4. The molecule has 0 spiro atoms. The summed E-state index contributed by atoms with van der Waals surface area (Å²) in [7, 11) is 0. The lowest BCUT2D eigenvalue weighted by atomic mass is 10.0. The summed E-state index contributed by atoms with van der Waals surface area (Å²) < 4.78 is 57.8. The van der Waals surface area contributed by atoms with Crippen LogP contribution in [0, 0.1) is 5.82 Å². The van der Waals surface area contributed by atoms with E-state index < -0.39 is 40.7 Å². The Hall–Kier alpha value is -4.64. The SMILES string of the molecule is CC(O)c1cnc2c(NC(=O)c3cc(-c4ncccn4)c(C(F)(F)F)cc3F)c(-c3ccccc3)ccn12. The van der Waals surface area contributed by atoms with Crippen LogP contribution in [0.3, 0.4) is 0 Å². The quantitative estimate of drug-likeness (QED) is 0.280. The smallest absolute Gasteiger partial charge is 0.387 e. The first kappa shape index (κ1) is 25.0. The molecule has 2 aromatic carbocycles. The second-order valence-electron chi connectivity index (χ2n) is 8.43. The first-order valence-corrected chi connectivity index (χ1v) is 11.4. The van der Waals surface area contributed by atoms with Gasteiger partial charge in [0.2, 0.25) is 0 Å². The van der Waals surface area contributed by atoms with Gasteiger partial charge in [-0.15, -0.1) is 0 Å². The molecule has 11 heteroatoms. The summed E-state index contributed by atoms with van der Waals surface area (Å²) in [6.07, 6.45) is -0.187. The number of halogens is 4. The van der Waals surface area contributed by atoms with Crippen molar-refractivity contribution < 1.29 is 27.5 Å². The number of nitrogens with one attached hydrogen (secondary N) is 1. The molecule has 2 N–H and O–H groups in total. The molecular weight excluding hydrogens is 502 g/mol. The van der Waals surface area contributed by atoms with E-state index >= 15 is 4.39 Å². The van der Waals surface area contributed by atoms with E-state index in [0.717, 1.165) is 6.07 Å². The highest BCUT2D eigenvalue weighted by atomic mass is 19.4. The molecule has 38 heavy (non-hydrogen) atoms. The van der Waals surface area contributed by atoms with Crippen molar-refractivity contribution >= 4 is 17.2 Å². The molecular formula is C27H19F4N5O2. The maximum Gasteiger partial charge on any atom is 0.417 e. The molecule has 0 fully saturated rings. The van der Waals surface area contributed by atoms with E-state index in [1.165, 1.54) is 24.7 Å². The van der Waals surface area contributed by atoms with E-state index in [1.54, 1.807) is 47.9 Å². The summed E-state index contributed by atoms with van der Waals surface area (Å²) in [5.74, 6) is -2.67. The van der Waals surface area contributed by atoms with Crippen molar-refractivity contribution in [1.82, 2.24) is 19.4 Å². The van der Waals surface area contributed by atoms with Crippen molar-refractivity contribution in [2.24, 2.45) is 0 Å². The van der Waals surface area contributed by atoms with Gasteiger partial charge in [-0.3, -0.25) is 9.20 Å². The number of imidazole rings is 1. The van der Waals surface area contributed by atoms with Crippen LogP contribution in [0.2, 0.25) is 0 Å². The first-order valence-electron chi connectivity index (χ1n) is 11.4. The zero-order valence-corrected chi connectivity index (χ0v) is 19.7. The Balaban J connectivity index is 1.66. The number of anilines is 1. The number of hydrogen-bond acceptors (Lipinski definition) is 5. The van der Waals surface area contributed by atoms with Gasteiger partial charge in [0.1, 0.15) is 5.82 Å². The number of carbonyl (C=O) groups is 1. The molecule has 0 aliphatic heterocycles. The number of aromatic nitrogens is 4. The van der Waals surface area contributed by atoms with Gasteiger partial charge in [-0.2, -0.15) is 13.2 Å². The normalized spacial score (nSPS) is 12.5. The highest BCUT2D eigenvalue weighted by Crippen LogP contribution is 2.38. The number of hydrogen-bond donors (Lipinski definition) is 2. The summed E-state index contributed by atoms with van der Waals surface area (Å²) in [6.45, 7) is 1.55. The summed E-state index contributed by atoms with van der Waals surface area (Å²) in [5.41, 5.74) is -0.348. The number of benzene rings is 2. The number of pyridine rings is 1. The van der Waals surface area contributed by atoms with Gasteiger partial charge in [0.25, 0.3) is 5.91 Å². The number of aliphatic hydroxyl groups is 1. The van der Waals surface area contributed by atoms with Crippen molar-refractivity contribution in [1.29, 1.82) is 0 Å². The molecule has 3 aromatic heterocycles. The van der Waals surface area contributed by atoms with Crippen LogP contribution in [0.1, 0.15) is 34.6 Å². The Bertz CT molecular complexity index is 1630. The first-order chi connectivity index (χ1) is 18.1. The lowest BCUT2D eigenvalue weighted by Crippen LogP contribution is -2.18. The molecule has 0 aliphatic rings. The third kappa shape index (κ3) is 4.59. The van der Waals surface area contributed by atoms with Crippen LogP contribution in [0.5, 0.6) is 0 Å². The third-order valence-corrected chi connectivity index (χ3v) is 5.92. The maximum absolute atomic E-state index is 15.0. The molecule has 0 saturated heterocycles. The second kappa shape index (κ2) is 9.67. The van der Waals surface area contributed by atoms with E-state index in [9.17, 15) is 23.1 Å². The number of fused-ring (bicyclic) bond motifs is 1. The largest absolute Gasteiger partial charge is 0.417 e. The molecule has 7 nitrogen and oxygen atoms in total. The summed E-state index contributed by atoms with van der Waals surface area (Å²) in [5, 5.41) is 12.7. The van der Waals surface area contributed by atoms with Crippen molar-refractivity contribution in [2.45, 2.75) is 19.2 Å². The van der Waals surface area contributed by atoms with Gasteiger partial charge >= 0.3 is 6.18 Å². The van der Waals surface area contributed by atoms with Crippen LogP contribution in [-0.4, -0.2) is 30.4 Å². The van der Waals surface area contributed by atoms with E-state index in [0.29, 0.717) is 16.8 Å². The van der Waals surface area contributed by atoms with Gasteiger partial charge in [-0.1, -0.05) is 30.3 Å². The number of amides is 1. The molecule has 1 amide bonds. The summed E-state index contributed by atoms with van der Waals surface area (Å²) in [4.78, 5) is 25.4. The predicted molar refractivity (Wildman–Crippen MR) is 132 cm³/mol. The molecule has 0 bridgehead atoms. The minimum atomic E-state index is -4.91. The van der Waals surface area contributed by atoms with Crippen molar-refractivity contribution in [2.75, 3.05) is 5.32 Å². The van der Waals surface area contributed by atoms with E-state index in [-0.39, 0.29) is 23.2 Å². The van der Waals surface area contributed by atoms with Crippen molar-refractivity contribution in [3.63, 3.8) is 0 Å². The van der Waals surface area contributed by atoms with E-state index in [2.05, 4.69) is 20.3 Å². The van der Waals surface area contributed by atoms with Crippen LogP contribution < -0.4 is 5.32 Å². The van der Waals surface area contributed by atoms with Gasteiger partial charge in [0.15, 0.2) is 11.5 Å². The summed E-state index contributed by atoms with van der Waals surface area (Å²) in [6, 6.07) is 13.2. The van der Waals surface area contributed by atoms with Crippen LogP contribution in [0.25, 0.3) is 28.2 Å². The molecule has 192 valence electrons. The number of alkyl halides is 3. The lowest BCUT2D eigenvalue weighted by molar-refractivity contribution is -0.137. The molecule has 0 saturated carbocycles. The van der Waals surface area contributed by atoms with Crippen molar-refractivity contribution in [3.05, 3.63) is 102 Å². The van der Waals surface area contributed by atoms with Crippen LogP contribution >= 0.6 is 0 Å². The molecule has 5 rings (SSSR count). The molecule has 0 radical (unpaired) electrons. The minimum absolute atomic E-state index is 0.187. The van der Waals surface area contributed by atoms with Gasteiger partial charge in [0, 0.05) is 29.7 Å². The van der Waals surface area contributed by atoms with E-state index in [1.807, 2.05) is 6.07 Å². The molecule has 1 atom stereocenters. The Kier molecular flexibility index (Phi) is 6.37. The zero-order chi connectivity index (χ0) is 27.0. The van der Waals surface area contributed by atoms with Gasteiger partial charge in [0.05, 0.1) is 34.8 Å². The Morgan fingerprint density at radius 3 is 2.37 bits per heavy atom. The van der Waals surface area contributed by atoms with Crippen LogP contribution in [0.4, 0.5) is 23.2 Å². The number of aliphatic hydroxyl groups excluding tert-OH is 1. The van der Waals surface area contributed by atoms with E-state index in [4.69, 9.17) is 0 Å². The summed E-state index contributed by atoms with van der Waals surface area (Å²) >= 11 is 0. The Morgan fingerprint density at radius 1 is 1.00 bits per heavy atom. The average Bonchev–Trinajstić information content (AvgIpc) is 3.34. The lowest BCUT2D eigenvalue weighted by Gasteiger charge is -2.16. The zero-order valence-electron chi connectivity index (χ0n) is 19.7. The van der Waals surface area contributed by atoms with Crippen LogP contribution in [-0.2, 0) is 6.18 Å². The van der Waals surface area contributed by atoms with Gasteiger partial charge in [-0.05, 0) is 36.8 Å². The third-order valence-electron chi connectivity index (χ3n) is 5.92. The number of rotatable bonds is 5.